The fraction of sp³-hybridized carbons (Fsp3) is 0.280. The third-order valence-corrected chi connectivity index (χ3v) is 5.92. The van der Waals surface area contributed by atoms with Gasteiger partial charge >= 0.3 is 0 Å². The summed E-state index contributed by atoms with van der Waals surface area (Å²) in [4.78, 5) is 18.9. The third-order valence-electron chi connectivity index (χ3n) is 5.92. The zero-order valence-corrected chi connectivity index (χ0v) is 18.1. The first-order valence-corrected chi connectivity index (χ1v) is 10.7. The molecule has 2 heterocycles. The van der Waals surface area contributed by atoms with Crippen LogP contribution < -0.4 is 4.90 Å². The van der Waals surface area contributed by atoms with Crippen molar-refractivity contribution in [2.45, 2.75) is 19.3 Å². The Kier molecular flexibility index (Phi) is 6.95. The van der Waals surface area contributed by atoms with Gasteiger partial charge in [0.25, 0.3) is 0 Å². The van der Waals surface area contributed by atoms with Crippen LogP contribution >= 0.6 is 0 Å². The molecule has 1 aliphatic rings. The first-order chi connectivity index (χ1) is 16.3. The maximum atomic E-state index is 14.6. The Labute approximate surface area is 193 Å². The molecule has 2 N–H and O–H groups in total. The van der Waals surface area contributed by atoms with Crippen molar-refractivity contribution in [3.63, 3.8) is 0 Å². The summed E-state index contributed by atoms with van der Waals surface area (Å²) in [5.41, 5.74) is 2.01. The highest BCUT2D eigenvalue weighted by molar-refractivity contribution is 6.00. The normalized spacial score (nSPS) is 13.0. The molecule has 0 atom stereocenters. The highest BCUT2D eigenvalue weighted by Crippen LogP contribution is 2.37. The van der Waals surface area contributed by atoms with E-state index in [0.29, 0.717) is 35.6 Å². The van der Waals surface area contributed by atoms with Crippen molar-refractivity contribution in [1.82, 2.24) is 4.98 Å². The van der Waals surface area contributed by atoms with E-state index in [-0.39, 0.29) is 37.2 Å². The molecule has 0 spiro atoms. The number of pyridine rings is 1. The van der Waals surface area contributed by atoms with E-state index in [4.69, 9.17) is 0 Å². The van der Waals surface area contributed by atoms with Crippen LogP contribution in [-0.4, -0.2) is 40.7 Å². The second kappa shape index (κ2) is 9.90. The topological polar surface area (TPSA) is 73.7 Å². The van der Waals surface area contributed by atoms with Crippen molar-refractivity contribution in [3.05, 3.63) is 88.1 Å². The van der Waals surface area contributed by atoms with Crippen LogP contribution in [0.25, 0.3) is 0 Å². The SMILES string of the molecule is O=C(CC(CO)CO)c1c(F)ccc2c1CCN2c1cc(Cc2cc(F)c(F)c(F)c2)ccn1. The van der Waals surface area contributed by atoms with Gasteiger partial charge in [-0.2, -0.15) is 0 Å². The molecule has 9 heteroatoms. The second-order valence-electron chi connectivity index (χ2n) is 8.25. The second-order valence-corrected chi connectivity index (χ2v) is 8.25. The number of benzene rings is 2. The van der Waals surface area contributed by atoms with Gasteiger partial charge in [0, 0.05) is 44.0 Å². The predicted octanol–water partition coefficient (Wildman–Crippen LogP) is 4.10. The molecule has 178 valence electrons. The average Bonchev–Trinajstić information content (AvgIpc) is 3.24. The largest absolute Gasteiger partial charge is 0.396 e. The minimum Gasteiger partial charge on any atom is -0.396 e. The first kappa shape index (κ1) is 23.8. The molecule has 34 heavy (non-hydrogen) atoms. The zero-order valence-electron chi connectivity index (χ0n) is 18.1. The molecule has 5 nitrogen and oxygen atoms in total. The van der Waals surface area contributed by atoms with Crippen molar-refractivity contribution in [1.29, 1.82) is 0 Å². The molecular weight excluding hydrogens is 452 g/mol. The van der Waals surface area contributed by atoms with E-state index in [2.05, 4.69) is 4.98 Å². The van der Waals surface area contributed by atoms with Crippen LogP contribution in [0.1, 0.15) is 33.5 Å². The Hall–Kier alpha value is -3.30. The number of halogens is 4. The number of ketones is 1. The van der Waals surface area contributed by atoms with E-state index in [1.165, 1.54) is 12.3 Å². The van der Waals surface area contributed by atoms with Crippen molar-refractivity contribution in [3.8, 4) is 0 Å². The van der Waals surface area contributed by atoms with Crippen molar-refractivity contribution < 1.29 is 32.6 Å². The van der Waals surface area contributed by atoms with Crippen LogP contribution in [0.3, 0.4) is 0 Å². The summed E-state index contributed by atoms with van der Waals surface area (Å²) >= 11 is 0. The summed E-state index contributed by atoms with van der Waals surface area (Å²) in [6.07, 6.45) is 1.87. The van der Waals surface area contributed by atoms with Gasteiger partial charge < -0.3 is 15.1 Å². The number of hydrogen-bond acceptors (Lipinski definition) is 5. The van der Waals surface area contributed by atoms with Gasteiger partial charge in [-0.1, -0.05) is 0 Å². The van der Waals surface area contributed by atoms with Crippen molar-refractivity contribution in [2.24, 2.45) is 5.92 Å². The molecule has 4 rings (SSSR count). The van der Waals surface area contributed by atoms with Crippen LogP contribution in [0.15, 0.2) is 42.6 Å². The quantitative estimate of drug-likeness (QED) is 0.292. The standard InChI is InChI=1S/C25H22F4N2O3/c26-18-1-2-21-17(24(18)22(34)10-16(12-32)13-33)4-6-31(21)23-11-14(3-5-30-23)7-15-8-19(27)25(29)20(28)9-15/h1-3,5,8-9,11,16,32-33H,4,6-7,10,12-13H2. The Morgan fingerprint density at radius 2 is 1.68 bits per heavy atom. The number of nitrogens with zero attached hydrogens (tertiary/aromatic N) is 2. The monoisotopic (exact) mass is 474 g/mol. The van der Waals surface area contributed by atoms with Gasteiger partial charge in [-0.05, 0) is 65.9 Å². The average molecular weight is 474 g/mol. The van der Waals surface area contributed by atoms with Crippen LogP contribution in [0, 0.1) is 29.2 Å². The molecule has 0 unspecified atom stereocenters. The van der Waals surface area contributed by atoms with Gasteiger partial charge in [-0.15, -0.1) is 0 Å². The van der Waals surface area contributed by atoms with E-state index in [0.717, 1.165) is 12.1 Å². The Morgan fingerprint density at radius 1 is 0.971 bits per heavy atom. The van der Waals surface area contributed by atoms with Gasteiger partial charge in [-0.25, -0.2) is 22.5 Å². The summed E-state index contributed by atoms with van der Waals surface area (Å²) in [5.74, 6) is -5.36. The van der Waals surface area contributed by atoms with Crippen LogP contribution in [-0.2, 0) is 12.8 Å². The zero-order chi connectivity index (χ0) is 24.4. The molecule has 1 aliphatic heterocycles. The number of anilines is 2. The van der Waals surface area contributed by atoms with E-state index in [1.54, 1.807) is 18.2 Å². The third kappa shape index (κ3) is 4.67. The number of aliphatic hydroxyl groups is 2. The fourth-order valence-corrected chi connectivity index (χ4v) is 4.21. The van der Waals surface area contributed by atoms with Gasteiger partial charge in [0.15, 0.2) is 23.2 Å². The van der Waals surface area contributed by atoms with Crippen LogP contribution in [0.5, 0.6) is 0 Å². The molecule has 3 aromatic rings. The highest BCUT2D eigenvalue weighted by Gasteiger charge is 2.29. The number of aliphatic hydroxyl groups excluding tert-OH is 2. The molecule has 0 radical (unpaired) electrons. The lowest BCUT2D eigenvalue weighted by atomic mass is 9.94. The number of fused-ring (bicyclic) bond motifs is 1. The summed E-state index contributed by atoms with van der Waals surface area (Å²) in [6, 6.07) is 8.02. The molecule has 0 fully saturated rings. The lowest BCUT2D eigenvalue weighted by molar-refractivity contribution is 0.0874. The van der Waals surface area contributed by atoms with E-state index in [9.17, 15) is 32.6 Å². The van der Waals surface area contributed by atoms with Crippen molar-refractivity contribution in [2.75, 3.05) is 24.7 Å². The summed E-state index contributed by atoms with van der Waals surface area (Å²) in [5, 5.41) is 18.5. The predicted molar refractivity (Wildman–Crippen MR) is 117 cm³/mol. The number of hydrogen-bond donors (Lipinski definition) is 2. The number of carbonyl (C=O) groups excluding carboxylic acids is 1. The summed E-state index contributed by atoms with van der Waals surface area (Å²) in [7, 11) is 0. The van der Waals surface area contributed by atoms with E-state index >= 15 is 0 Å². The first-order valence-electron chi connectivity index (χ1n) is 10.7. The molecule has 0 amide bonds. The lowest BCUT2D eigenvalue weighted by Gasteiger charge is -2.20. The minimum absolute atomic E-state index is 0.0553. The van der Waals surface area contributed by atoms with Crippen LogP contribution in [0.4, 0.5) is 29.1 Å². The summed E-state index contributed by atoms with van der Waals surface area (Å²) < 4.78 is 55.0. The molecule has 2 aromatic carbocycles. The maximum Gasteiger partial charge on any atom is 0.194 e. The Bertz CT molecular complexity index is 1210. The lowest BCUT2D eigenvalue weighted by Crippen LogP contribution is -2.18. The molecule has 0 saturated heterocycles. The van der Waals surface area contributed by atoms with Crippen LogP contribution in [0.2, 0.25) is 0 Å². The molecule has 0 aliphatic carbocycles. The molecule has 0 bridgehead atoms. The maximum absolute atomic E-state index is 14.6. The molecular formula is C25H22F4N2O3. The van der Waals surface area contributed by atoms with Gasteiger partial charge in [0.05, 0.1) is 5.56 Å². The minimum atomic E-state index is -1.52. The van der Waals surface area contributed by atoms with Gasteiger partial charge in [-0.3, -0.25) is 4.79 Å². The Balaban J connectivity index is 1.62. The number of aromatic nitrogens is 1. The highest BCUT2D eigenvalue weighted by atomic mass is 19.2. The van der Waals surface area contributed by atoms with E-state index < -0.39 is 35.0 Å². The molecule has 1 aromatic heterocycles. The molecule has 0 saturated carbocycles. The smallest absolute Gasteiger partial charge is 0.194 e. The summed E-state index contributed by atoms with van der Waals surface area (Å²) in [6.45, 7) is -0.341. The number of carbonyl (C=O) groups is 1. The fourth-order valence-electron chi connectivity index (χ4n) is 4.21. The number of Topliss-reactive ketones (excluding diaryl/α,β-unsaturated/α-hetero) is 1. The Morgan fingerprint density at radius 3 is 2.35 bits per heavy atom. The number of rotatable bonds is 8. The van der Waals surface area contributed by atoms with E-state index in [1.807, 2.05) is 4.90 Å². The van der Waals surface area contributed by atoms with Gasteiger partial charge in [0.2, 0.25) is 0 Å². The van der Waals surface area contributed by atoms with Crippen molar-refractivity contribution >= 4 is 17.3 Å². The van der Waals surface area contributed by atoms with Gasteiger partial charge in [0.1, 0.15) is 11.6 Å².